The molecule has 5 heteroatoms. The van der Waals surface area contributed by atoms with Gasteiger partial charge < -0.3 is 15.5 Å². The molecule has 2 rings (SSSR count). The lowest BCUT2D eigenvalue weighted by molar-refractivity contribution is -0.117. The molecule has 2 N–H and O–H groups in total. The molecule has 0 bridgehead atoms. The molecule has 1 heterocycles. The van der Waals surface area contributed by atoms with Gasteiger partial charge in [-0.3, -0.25) is 4.79 Å². The van der Waals surface area contributed by atoms with E-state index >= 15 is 0 Å². The van der Waals surface area contributed by atoms with Crippen molar-refractivity contribution in [3.05, 3.63) is 29.3 Å². The predicted molar refractivity (Wildman–Crippen MR) is 88.1 cm³/mol. The number of urea groups is 1. The summed E-state index contributed by atoms with van der Waals surface area (Å²) in [6.07, 6.45) is 0.338. The fourth-order valence-corrected chi connectivity index (χ4v) is 2.51. The molecule has 0 saturated carbocycles. The van der Waals surface area contributed by atoms with Crippen LogP contribution in [0.3, 0.4) is 0 Å². The maximum absolute atomic E-state index is 12.2. The molecule has 1 aromatic carbocycles. The number of carbonyl (C=O) groups is 2. The molecule has 1 aliphatic rings. The van der Waals surface area contributed by atoms with Crippen LogP contribution >= 0.6 is 0 Å². The van der Waals surface area contributed by atoms with Gasteiger partial charge in [-0.25, -0.2) is 4.79 Å². The van der Waals surface area contributed by atoms with Crippen LogP contribution in [0.1, 0.15) is 38.3 Å². The highest BCUT2D eigenvalue weighted by molar-refractivity contribution is 5.97. The third-order valence-corrected chi connectivity index (χ3v) is 3.75. The standard InChI is InChI=1S/C17H25N3O2/c1-11-6-7-14(8-12(11)2)20-10-13(9-15(20)21)18-16(22)19-17(3,4)5/h6-8,13H,9-10H2,1-5H3,(H2,18,19,22)/t13-/m0/s1. The third kappa shape index (κ3) is 4.00. The highest BCUT2D eigenvalue weighted by Gasteiger charge is 2.32. The van der Waals surface area contributed by atoms with Crippen LogP contribution < -0.4 is 15.5 Å². The van der Waals surface area contributed by atoms with Gasteiger partial charge in [-0.2, -0.15) is 0 Å². The molecule has 1 aromatic rings. The smallest absolute Gasteiger partial charge is 0.315 e. The average molecular weight is 303 g/mol. The van der Waals surface area contributed by atoms with E-state index in [-0.39, 0.29) is 23.5 Å². The van der Waals surface area contributed by atoms with Crippen molar-refractivity contribution >= 4 is 17.6 Å². The zero-order chi connectivity index (χ0) is 16.5. The summed E-state index contributed by atoms with van der Waals surface area (Å²) in [5.74, 6) is 0.0457. The first-order chi connectivity index (χ1) is 10.2. The Morgan fingerprint density at radius 2 is 1.91 bits per heavy atom. The topological polar surface area (TPSA) is 61.4 Å². The van der Waals surface area contributed by atoms with Crippen LogP contribution in [0.2, 0.25) is 0 Å². The van der Waals surface area contributed by atoms with E-state index in [9.17, 15) is 9.59 Å². The molecule has 0 aliphatic carbocycles. The molecule has 3 amide bonds. The van der Waals surface area contributed by atoms with Gasteiger partial charge >= 0.3 is 6.03 Å². The number of amides is 3. The van der Waals surface area contributed by atoms with Gasteiger partial charge in [0.1, 0.15) is 0 Å². The fourth-order valence-electron chi connectivity index (χ4n) is 2.51. The molecular weight excluding hydrogens is 278 g/mol. The monoisotopic (exact) mass is 303 g/mol. The van der Waals surface area contributed by atoms with Crippen LogP contribution in [-0.4, -0.2) is 30.1 Å². The summed E-state index contributed by atoms with van der Waals surface area (Å²) < 4.78 is 0. The van der Waals surface area contributed by atoms with Gasteiger partial charge in [0, 0.05) is 24.2 Å². The van der Waals surface area contributed by atoms with Gasteiger partial charge in [-0.15, -0.1) is 0 Å². The third-order valence-electron chi connectivity index (χ3n) is 3.75. The van der Waals surface area contributed by atoms with Crippen LogP contribution in [0, 0.1) is 13.8 Å². The molecule has 22 heavy (non-hydrogen) atoms. The zero-order valence-corrected chi connectivity index (χ0v) is 14.0. The second-order valence-electron chi connectivity index (χ2n) is 7.02. The molecule has 0 spiro atoms. The molecule has 1 fully saturated rings. The Kier molecular flexibility index (Phi) is 4.44. The summed E-state index contributed by atoms with van der Waals surface area (Å²) in [4.78, 5) is 25.9. The molecule has 120 valence electrons. The molecule has 0 aromatic heterocycles. The van der Waals surface area contributed by atoms with Crippen LogP contribution in [0.4, 0.5) is 10.5 Å². The summed E-state index contributed by atoms with van der Waals surface area (Å²) in [6.45, 7) is 10.4. The highest BCUT2D eigenvalue weighted by atomic mass is 16.2. The van der Waals surface area contributed by atoms with E-state index in [1.165, 1.54) is 5.56 Å². The van der Waals surface area contributed by atoms with E-state index < -0.39 is 0 Å². The van der Waals surface area contributed by atoms with Gasteiger partial charge in [0.05, 0.1) is 6.04 Å². The lowest BCUT2D eigenvalue weighted by Gasteiger charge is -2.23. The Morgan fingerprint density at radius 1 is 1.23 bits per heavy atom. The Labute approximate surface area is 132 Å². The Morgan fingerprint density at radius 3 is 2.50 bits per heavy atom. The second kappa shape index (κ2) is 5.99. The molecule has 5 nitrogen and oxygen atoms in total. The van der Waals surface area contributed by atoms with E-state index in [0.29, 0.717) is 13.0 Å². The molecule has 1 atom stereocenters. The number of carbonyl (C=O) groups excluding carboxylic acids is 2. The van der Waals surface area contributed by atoms with Gasteiger partial charge in [-0.1, -0.05) is 6.07 Å². The minimum Gasteiger partial charge on any atom is -0.334 e. The van der Waals surface area contributed by atoms with Crippen molar-refractivity contribution in [3.8, 4) is 0 Å². The quantitative estimate of drug-likeness (QED) is 0.882. The molecule has 1 saturated heterocycles. The summed E-state index contributed by atoms with van der Waals surface area (Å²) >= 11 is 0. The summed E-state index contributed by atoms with van der Waals surface area (Å²) in [5, 5.41) is 5.73. The van der Waals surface area contributed by atoms with Crippen molar-refractivity contribution in [2.24, 2.45) is 0 Å². The Bertz CT molecular complexity index is 590. The van der Waals surface area contributed by atoms with Gasteiger partial charge in [0.2, 0.25) is 5.91 Å². The number of nitrogens with one attached hydrogen (secondary N) is 2. The lowest BCUT2D eigenvalue weighted by Crippen LogP contribution is -2.50. The van der Waals surface area contributed by atoms with Crippen molar-refractivity contribution in [3.63, 3.8) is 0 Å². The Hall–Kier alpha value is -2.04. The number of aryl methyl sites for hydroxylation is 2. The van der Waals surface area contributed by atoms with E-state index in [1.807, 2.05) is 52.8 Å². The first kappa shape index (κ1) is 16.3. The molecule has 0 radical (unpaired) electrons. The number of benzene rings is 1. The van der Waals surface area contributed by atoms with Crippen molar-refractivity contribution in [2.45, 2.75) is 52.6 Å². The van der Waals surface area contributed by atoms with Crippen molar-refractivity contribution in [1.29, 1.82) is 0 Å². The normalized spacial score (nSPS) is 18.5. The Balaban J connectivity index is 2.01. The number of anilines is 1. The number of nitrogens with zero attached hydrogens (tertiary/aromatic N) is 1. The lowest BCUT2D eigenvalue weighted by atomic mass is 10.1. The molecular formula is C17H25N3O2. The van der Waals surface area contributed by atoms with Crippen molar-refractivity contribution in [1.82, 2.24) is 10.6 Å². The van der Waals surface area contributed by atoms with Crippen LogP contribution in [0.25, 0.3) is 0 Å². The van der Waals surface area contributed by atoms with E-state index in [4.69, 9.17) is 0 Å². The van der Waals surface area contributed by atoms with Crippen molar-refractivity contribution in [2.75, 3.05) is 11.4 Å². The van der Waals surface area contributed by atoms with Crippen LogP contribution in [0.5, 0.6) is 0 Å². The highest BCUT2D eigenvalue weighted by Crippen LogP contribution is 2.24. The predicted octanol–water partition coefficient (Wildman–Crippen LogP) is 2.51. The van der Waals surface area contributed by atoms with Crippen molar-refractivity contribution < 1.29 is 9.59 Å². The van der Waals surface area contributed by atoms with Crippen LogP contribution in [-0.2, 0) is 4.79 Å². The summed E-state index contributed by atoms with van der Waals surface area (Å²) in [7, 11) is 0. The maximum Gasteiger partial charge on any atom is 0.315 e. The summed E-state index contributed by atoms with van der Waals surface area (Å²) in [5.41, 5.74) is 2.97. The maximum atomic E-state index is 12.2. The second-order valence-corrected chi connectivity index (χ2v) is 7.02. The molecule has 1 aliphatic heterocycles. The van der Waals surface area contributed by atoms with Gasteiger partial charge in [-0.05, 0) is 57.9 Å². The number of hydrogen-bond donors (Lipinski definition) is 2. The number of hydrogen-bond acceptors (Lipinski definition) is 2. The van der Waals surface area contributed by atoms with Crippen LogP contribution in [0.15, 0.2) is 18.2 Å². The largest absolute Gasteiger partial charge is 0.334 e. The fraction of sp³-hybridized carbons (Fsp3) is 0.529. The SMILES string of the molecule is Cc1ccc(N2C[C@@H](NC(=O)NC(C)(C)C)CC2=O)cc1C. The first-order valence-corrected chi connectivity index (χ1v) is 7.62. The first-order valence-electron chi connectivity index (χ1n) is 7.62. The summed E-state index contributed by atoms with van der Waals surface area (Å²) in [6, 6.07) is 5.61. The van der Waals surface area contributed by atoms with Gasteiger partial charge in [0.15, 0.2) is 0 Å². The van der Waals surface area contributed by atoms with E-state index in [2.05, 4.69) is 10.6 Å². The minimum atomic E-state index is -0.291. The van der Waals surface area contributed by atoms with E-state index in [0.717, 1.165) is 11.3 Å². The minimum absolute atomic E-state index is 0.0457. The van der Waals surface area contributed by atoms with E-state index in [1.54, 1.807) is 4.90 Å². The molecule has 0 unspecified atom stereocenters. The number of rotatable bonds is 2. The van der Waals surface area contributed by atoms with Gasteiger partial charge in [0.25, 0.3) is 0 Å². The average Bonchev–Trinajstić information content (AvgIpc) is 2.71. The zero-order valence-electron chi connectivity index (χ0n) is 14.0.